The lowest BCUT2D eigenvalue weighted by Gasteiger charge is -2.18. The van der Waals surface area contributed by atoms with Gasteiger partial charge in [-0.25, -0.2) is 9.36 Å². The van der Waals surface area contributed by atoms with Crippen LogP contribution in [-0.4, -0.2) is 64.9 Å². The number of rotatable bonds is 30. The first kappa shape index (κ1) is 45.7. The number of amides is 1. The lowest BCUT2D eigenvalue weighted by atomic mass is 10.1. The standard InChI is InChI=1S/C37H58NO10P/c1-3-5-7-9-10-11-12-13-14-15-16-17-18-19-20-21-22-23-24-25-27-29-36(41)46-30-33(39)31-47-49(44,45)48-32-34(37(42)43)38-35(40)28-26-8-6-4-2/h5,7,10-11,13-14,16-17,19-20,22-23,25,27,33-34,39H,3-4,6,8-9,12,15,18,21,24,26,28-32H2,1-2H3,(H,38,40)(H,42,43)(H,44,45)/b7-5-,11-10-,14-13-,17-16-,20-19-,23-22-,27-25-. The number of carboxylic acids is 1. The second-order valence-electron chi connectivity index (χ2n) is 11.0. The fourth-order valence-electron chi connectivity index (χ4n) is 3.81. The summed E-state index contributed by atoms with van der Waals surface area (Å²) in [7, 11) is -4.76. The van der Waals surface area contributed by atoms with Gasteiger partial charge in [-0.3, -0.25) is 18.6 Å². The predicted molar refractivity (Wildman–Crippen MR) is 194 cm³/mol. The van der Waals surface area contributed by atoms with Crippen molar-refractivity contribution < 1.29 is 47.8 Å². The SMILES string of the molecule is CC/C=C\C/C=C\C/C=C\C/C=C\C/C=C\C/C=C\C/C=C\CC(=O)OCC(O)COP(=O)(O)OCC(NC(=O)CCCCCC)C(=O)O. The van der Waals surface area contributed by atoms with Crippen molar-refractivity contribution in [3.63, 3.8) is 0 Å². The van der Waals surface area contributed by atoms with E-state index in [9.17, 15) is 34.1 Å². The van der Waals surface area contributed by atoms with Crippen LogP contribution in [-0.2, 0) is 32.7 Å². The highest BCUT2D eigenvalue weighted by molar-refractivity contribution is 7.47. The van der Waals surface area contributed by atoms with Crippen LogP contribution in [0.4, 0.5) is 0 Å². The minimum atomic E-state index is -4.76. The smallest absolute Gasteiger partial charge is 0.472 e. The van der Waals surface area contributed by atoms with Crippen molar-refractivity contribution in [1.29, 1.82) is 0 Å². The maximum absolute atomic E-state index is 12.1. The molecule has 0 aromatic rings. The van der Waals surface area contributed by atoms with Crippen LogP contribution in [0.2, 0.25) is 0 Å². The Hall–Kier alpha value is -3.34. The highest BCUT2D eigenvalue weighted by Crippen LogP contribution is 2.43. The Labute approximate surface area is 292 Å². The molecular formula is C37H58NO10P. The number of carbonyl (C=O) groups excluding carboxylic acids is 2. The van der Waals surface area contributed by atoms with Gasteiger partial charge in [0.05, 0.1) is 19.6 Å². The second-order valence-corrected chi connectivity index (χ2v) is 12.4. The molecule has 0 spiro atoms. The molecule has 3 unspecified atom stereocenters. The molecule has 0 saturated carbocycles. The molecule has 0 bridgehead atoms. The summed E-state index contributed by atoms with van der Waals surface area (Å²) in [6.07, 6.45) is 37.4. The van der Waals surface area contributed by atoms with Gasteiger partial charge in [0.25, 0.3) is 0 Å². The third-order valence-electron chi connectivity index (χ3n) is 6.48. The monoisotopic (exact) mass is 707 g/mol. The Balaban J connectivity index is 4.06. The molecule has 0 heterocycles. The average molecular weight is 708 g/mol. The van der Waals surface area contributed by atoms with Gasteiger partial charge in [-0.05, 0) is 51.4 Å². The predicted octanol–water partition coefficient (Wildman–Crippen LogP) is 7.60. The number of hydrogen-bond acceptors (Lipinski definition) is 8. The second kappa shape index (κ2) is 31.9. The summed E-state index contributed by atoms with van der Waals surface area (Å²) >= 11 is 0. The van der Waals surface area contributed by atoms with Crippen molar-refractivity contribution in [1.82, 2.24) is 5.32 Å². The molecule has 0 aliphatic rings. The van der Waals surface area contributed by atoms with E-state index in [1.165, 1.54) is 0 Å². The Bertz CT molecular complexity index is 1160. The highest BCUT2D eigenvalue weighted by Gasteiger charge is 2.28. The summed E-state index contributed by atoms with van der Waals surface area (Å²) in [6, 6.07) is -1.55. The number of aliphatic hydroxyl groups excluding tert-OH is 1. The molecule has 0 aliphatic heterocycles. The zero-order valence-electron chi connectivity index (χ0n) is 29.2. The van der Waals surface area contributed by atoms with Crippen LogP contribution in [0.5, 0.6) is 0 Å². The van der Waals surface area contributed by atoms with E-state index in [4.69, 9.17) is 4.74 Å². The van der Waals surface area contributed by atoms with Crippen molar-refractivity contribution >= 4 is 25.7 Å². The summed E-state index contributed by atoms with van der Waals surface area (Å²) in [6.45, 7) is 2.15. The summed E-state index contributed by atoms with van der Waals surface area (Å²) < 4.78 is 26.4. The largest absolute Gasteiger partial charge is 0.480 e. The van der Waals surface area contributed by atoms with Gasteiger partial charge in [0.15, 0.2) is 6.04 Å². The van der Waals surface area contributed by atoms with Crippen LogP contribution < -0.4 is 5.32 Å². The number of allylic oxidation sites excluding steroid dienone is 13. The zero-order chi connectivity index (χ0) is 36.4. The number of phosphoric ester groups is 1. The van der Waals surface area contributed by atoms with Crippen LogP contribution in [0.1, 0.15) is 97.3 Å². The van der Waals surface area contributed by atoms with Gasteiger partial charge in [-0.1, -0.05) is 118 Å². The number of nitrogens with one attached hydrogen (secondary N) is 1. The molecule has 4 N–H and O–H groups in total. The number of esters is 1. The lowest BCUT2D eigenvalue weighted by molar-refractivity contribution is -0.146. The van der Waals surface area contributed by atoms with Gasteiger partial charge in [-0.2, -0.15) is 0 Å². The van der Waals surface area contributed by atoms with Crippen LogP contribution >= 0.6 is 7.82 Å². The Kier molecular flexibility index (Phi) is 29.7. The van der Waals surface area contributed by atoms with Crippen LogP contribution in [0.3, 0.4) is 0 Å². The van der Waals surface area contributed by atoms with Crippen molar-refractivity contribution in [2.75, 3.05) is 19.8 Å². The number of phosphoric acid groups is 1. The average Bonchev–Trinajstić information content (AvgIpc) is 3.07. The Morgan fingerprint density at radius 3 is 1.61 bits per heavy atom. The molecule has 49 heavy (non-hydrogen) atoms. The Morgan fingerprint density at radius 1 is 0.673 bits per heavy atom. The van der Waals surface area contributed by atoms with Gasteiger partial charge in [0, 0.05) is 6.42 Å². The molecule has 276 valence electrons. The van der Waals surface area contributed by atoms with Crippen molar-refractivity contribution in [3.8, 4) is 0 Å². The van der Waals surface area contributed by atoms with E-state index < -0.39 is 57.6 Å². The zero-order valence-corrected chi connectivity index (χ0v) is 30.1. The first-order valence-corrected chi connectivity index (χ1v) is 18.6. The molecule has 11 nitrogen and oxygen atoms in total. The third kappa shape index (κ3) is 31.7. The Morgan fingerprint density at radius 2 is 1.14 bits per heavy atom. The molecule has 0 fully saturated rings. The normalized spacial score (nSPS) is 15.0. The maximum atomic E-state index is 12.1. The first-order valence-electron chi connectivity index (χ1n) is 17.1. The van der Waals surface area contributed by atoms with Crippen molar-refractivity contribution in [3.05, 3.63) is 85.1 Å². The van der Waals surface area contributed by atoms with Crippen molar-refractivity contribution in [2.24, 2.45) is 0 Å². The quantitative estimate of drug-likeness (QED) is 0.0252. The molecule has 1 amide bonds. The fraction of sp³-hybridized carbons (Fsp3) is 0.541. The topological polar surface area (TPSA) is 169 Å². The molecule has 0 aromatic heterocycles. The molecule has 0 aliphatic carbocycles. The van der Waals surface area contributed by atoms with E-state index in [1.54, 1.807) is 6.08 Å². The van der Waals surface area contributed by atoms with Crippen LogP contribution in [0, 0.1) is 0 Å². The molecule has 0 saturated heterocycles. The van der Waals surface area contributed by atoms with Gasteiger partial charge in [0.1, 0.15) is 12.7 Å². The maximum Gasteiger partial charge on any atom is 0.472 e. The number of aliphatic hydroxyl groups is 1. The first-order chi connectivity index (χ1) is 23.6. The summed E-state index contributed by atoms with van der Waals surface area (Å²) in [5.41, 5.74) is 0. The number of ether oxygens (including phenoxy) is 1. The lowest BCUT2D eigenvalue weighted by Crippen LogP contribution is -2.43. The van der Waals surface area contributed by atoms with Crippen molar-refractivity contribution in [2.45, 2.75) is 109 Å². The molecule has 3 atom stereocenters. The summed E-state index contributed by atoms with van der Waals surface area (Å²) in [4.78, 5) is 45.0. The molecule has 0 rings (SSSR count). The highest BCUT2D eigenvalue weighted by atomic mass is 31.2. The number of unbranched alkanes of at least 4 members (excludes halogenated alkanes) is 3. The van der Waals surface area contributed by atoms with Crippen LogP contribution in [0.25, 0.3) is 0 Å². The third-order valence-corrected chi connectivity index (χ3v) is 7.43. The van der Waals surface area contributed by atoms with E-state index >= 15 is 0 Å². The van der Waals surface area contributed by atoms with E-state index in [1.807, 2.05) is 25.2 Å². The number of carboxylic acid groups (broad SMARTS) is 1. The number of aliphatic carboxylic acids is 1. The van der Waals surface area contributed by atoms with E-state index in [0.29, 0.717) is 12.8 Å². The molecule has 0 radical (unpaired) electrons. The number of hydrogen-bond donors (Lipinski definition) is 4. The van der Waals surface area contributed by atoms with Gasteiger partial charge in [-0.15, -0.1) is 0 Å². The van der Waals surface area contributed by atoms with E-state index in [-0.39, 0.29) is 12.8 Å². The summed E-state index contributed by atoms with van der Waals surface area (Å²) in [5.74, 6) is -2.56. The summed E-state index contributed by atoms with van der Waals surface area (Å²) in [5, 5.41) is 21.4. The molecule has 12 heteroatoms. The fourth-order valence-corrected chi connectivity index (χ4v) is 4.58. The number of carbonyl (C=O) groups is 3. The van der Waals surface area contributed by atoms with Crippen LogP contribution in [0.15, 0.2) is 85.1 Å². The molecule has 0 aromatic carbocycles. The minimum Gasteiger partial charge on any atom is -0.480 e. The van der Waals surface area contributed by atoms with E-state index in [2.05, 4.69) is 82.0 Å². The minimum absolute atomic E-state index is 0.0152. The van der Waals surface area contributed by atoms with Gasteiger partial charge < -0.3 is 25.2 Å². The van der Waals surface area contributed by atoms with Gasteiger partial charge >= 0.3 is 19.8 Å². The van der Waals surface area contributed by atoms with E-state index in [0.717, 1.165) is 57.8 Å². The molecular weight excluding hydrogens is 649 g/mol. The van der Waals surface area contributed by atoms with Gasteiger partial charge in [0.2, 0.25) is 5.91 Å².